The van der Waals surface area contributed by atoms with Gasteiger partial charge in [0.05, 0.1) is 0 Å². The predicted molar refractivity (Wildman–Crippen MR) is 62.2 cm³/mol. The Labute approximate surface area is 87.3 Å². The first-order chi connectivity index (χ1) is 6.74. The molecule has 0 aliphatic rings. The molecule has 0 bridgehead atoms. The van der Waals surface area contributed by atoms with E-state index in [0.29, 0.717) is 0 Å². The molecule has 0 aliphatic heterocycles. The number of rotatable bonds is 5. The molecule has 1 heteroatoms. The van der Waals surface area contributed by atoms with E-state index in [2.05, 4.69) is 38.1 Å². The summed E-state index contributed by atoms with van der Waals surface area (Å²) < 4.78 is 0. The molecule has 1 aromatic carbocycles. The van der Waals surface area contributed by atoms with Crippen LogP contribution in [-0.2, 0) is 0 Å². The molecular weight excluding hydrogens is 170 g/mol. The molecule has 78 valence electrons. The highest BCUT2D eigenvalue weighted by molar-refractivity contribution is 5.23. The van der Waals surface area contributed by atoms with E-state index in [1.54, 1.807) is 0 Å². The Kier molecular flexibility index (Phi) is 4.68. The largest absolute Gasteiger partial charge is 0.324 e. The van der Waals surface area contributed by atoms with E-state index in [4.69, 9.17) is 5.73 Å². The molecule has 1 nitrogen and oxygen atoms in total. The van der Waals surface area contributed by atoms with Gasteiger partial charge in [-0.3, -0.25) is 0 Å². The molecule has 0 unspecified atom stereocenters. The highest BCUT2D eigenvalue weighted by Crippen LogP contribution is 2.17. The van der Waals surface area contributed by atoms with Crippen molar-refractivity contribution in [2.24, 2.45) is 5.73 Å². The quantitative estimate of drug-likeness (QED) is 0.707. The van der Waals surface area contributed by atoms with Gasteiger partial charge in [0.25, 0.3) is 0 Å². The first kappa shape index (κ1) is 11.3. The minimum Gasteiger partial charge on any atom is -0.324 e. The topological polar surface area (TPSA) is 26.0 Å². The average Bonchev–Trinajstić information content (AvgIpc) is 2.19. The fourth-order valence-electron chi connectivity index (χ4n) is 1.59. The lowest BCUT2D eigenvalue weighted by Crippen LogP contribution is -2.09. The molecule has 0 aliphatic carbocycles. The van der Waals surface area contributed by atoms with Crippen molar-refractivity contribution < 1.29 is 0 Å². The highest BCUT2D eigenvalue weighted by Gasteiger charge is 2.04. The molecule has 2 N–H and O–H groups in total. The normalized spacial score (nSPS) is 12.8. The van der Waals surface area contributed by atoms with Crippen molar-refractivity contribution in [1.29, 1.82) is 0 Å². The van der Waals surface area contributed by atoms with Crippen LogP contribution in [0, 0.1) is 6.92 Å². The predicted octanol–water partition coefficient (Wildman–Crippen LogP) is 3.58. The third-order valence-corrected chi connectivity index (χ3v) is 2.62. The van der Waals surface area contributed by atoms with Gasteiger partial charge in [-0.25, -0.2) is 0 Å². The number of aryl methyl sites for hydroxylation is 1. The molecule has 0 amide bonds. The molecule has 0 fully saturated rings. The van der Waals surface area contributed by atoms with Crippen molar-refractivity contribution in [1.82, 2.24) is 0 Å². The first-order valence-corrected chi connectivity index (χ1v) is 5.56. The van der Waals surface area contributed by atoms with Gasteiger partial charge in [-0.1, -0.05) is 56.0 Å². The Morgan fingerprint density at radius 1 is 1.14 bits per heavy atom. The van der Waals surface area contributed by atoms with Crippen LogP contribution in [0.2, 0.25) is 0 Å². The van der Waals surface area contributed by atoms with Gasteiger partial charge in [0.1, 0.15) is 0 Å². The summed E-state index contributed by atoms with van der Waals surface area (Å²) >= 11 is 0. The highest BCUT2D eigenvalue weighted by atomic mass is 14.6. The summed E-state index contributed by atoms with van der Waals surface area (Å²) in [6.07, 6.45) is 4.91. The second-order valence-corrected chi connectivity index (χ2v) is 4.01. The lowest BCUT2D eigenvalue weighted by molar-refractivity contribution is 0.581. The molecule has 0 aromatic heterocycles. The van der Waals surface area contributed by atoms with Crippen LogP contribution in [0.5, 0.6) is 0 Å². The van der Waals surface area contributed by atoms with E-state index in [9.17, 15) is 0 Å². The molecule has 1 rings (SSSR count). The van der Waals surface area contributed by atoms with E-state index >= 15 is 0 Å². The van der Waals surface area contributed by atoms with Crippen LogP contribution < -0.4 is 5.73 Å². The van der Waals surface area contributed by atoms with Gasteiger partial charge in [0.2, 0.25) is 0 Å². The zero-order valence-electron chi connectivity index (χ0n) is 9.29. The Balaban J connectivity index is 2.43. The van der Waals surface area contributed by atoms with Gasteiger partial charge < -0.3 is 5.73 Å². The summed E-state index contributed by atoms with van der Waals surface area (Å²) in [4.78, 5) is 0. The van der Waals surface area contributed by atoms with Gasteiger partial charge >= 0.3 is 0 Å². The van der Waals surface area contributed by atoms with Crippen molar-refractivity contribution in [3.05, 3.63) is 35.4 Å². The molecule has 0 radical (unpaired) electrons. The van der Waals surface area contributed by atoms with Crippen molar-refractivity contribution in [2.45, 2.75) is 45.6 Å². The molecule has 0 saturated carbocycles. The van der Waals surface area contributed by atoms with Crippen molar-refractivity contribution in [3.63, 3.8) is 0 Å². The zero-order valence-corrected chi connectivity index (χ0v) is 9.29. The summed E-state index contributed by atoms with van der Waals surface area (Å²) in [6.45, 7) is 4.32. The smallest absolute Gasteiger partial charge is 0.0294 e. The molecule has 0 spiro atoms. The molecule has 1 atom stereocenters. The molecular formula is C13H21N. The van der Waals surface area contributed by atoms with E-state index in [0.717, 1.165) is 6.42 Å². The zero-order chi connectivity index (χ0) is 10.4. The molecule has 0 saturated heterocycles. The summed E-state index contributed by atoms with van der Waals surface area (Å²) in [7, 11) is 0. The van der Waals surface area contributed by atoms with Crippen molar-refractivity contribution >= 4 is 0 Å². The third-order valence-electron chi connectivity index (χ3n) is 2.62. The lowest BCUT2D eigenvalue weighted by Gasteiger charge is -2.11. The minimum absolute atomic E-state index is 0.224. The number of unbranched alkanes of at least 4 members (excludes halogenated alkanes) is 2. The fourth-order valence-corrected chi connectivity index (χ4v) is 1.59. The number of hydrogen-bond donors (Lipinski definition) is 1. The Bertz CT molecular complexity index is 250. The fraction of sp³-hybridized carbons (Fsp3) is 0.538. The summed E-state index contributed by atoms with van der Waals surface area (Å²) in [5, 5.41) is 0. The number of benzene rings is 1. The standard InChI is InChI=1S/C13H21N/c1-3-4-5-6-13(14)12-9-7-11(2)8-10-12/h7-10,13H,3-6,14H2,1-2H3/t13-/m1/s1. The first-order valence-electron chi connectivity index (χ1n) is 5.56. The summed E-state index contributed by atoms with van der Waals surface area (Å²) in [6, 6.07) is 8.78. The van der Waals surface area contributed by atoms with E-state index in [-0.39, 0.29) is 6.04 Å². The third kappa shape index (κ3) is 3.51. The maximum Gasteiger partial charge on any atom is 0.0294 e. The number of hydrogen-bond acceptors (Lipinski definition) is 1. The van der Waals surface area contributed by atoms with Crippen LogP contribution >= 0.6 is 0 Å². The minimum atomic E-state index is 0.224. The second kappa shape index (κ2) is 5.82. The van der Waals surface area contributed by atoms with Gasteiger partial charge in [0.15, 0.2) is 0 Å². The molecule has 1 aromatic rings. The van der Waals surface area contributed by atoms with E-state index in [1.165, 1.54) is 30.4 Å². The molecule has 14 heavy (non-hydrogen) atoms. The summed E-state index contributed by atoms with van der Waals surface area (Å²) in [5.41, 5.74) is 8.66. The second-order valence-electron chi connectivity index (χ2n) is 4.01. The molecule has 0 heterocycles. The van der Waals surface area contributed by atoms with Crippen LogP contribution in [0.3, 0.4) is 0 Å². The van der Waals surface area contributed by atoms with Crippen molar-refractivity contribution in [2.75, 3.05) is 0 Å². The van der Waals surface area contributed by atoms with Gasteiger partial charge in [-0.15, -0.1) is 0 Å². The lowest BCUT2D eigenvalue weighted by atomic mass is 10.0. The monoisotopic (exact) mass is 191 g/mol. The SMILES string of the molecule is CCCCC[C@@H](N)c1ccc(C)cc1. The summed E-state index contributed by atoms with van der Waals surface area (Å²) in [5.74, 6) is 0. The van der Waals surface area contributed by atoms with Crippen LogP contribution in [0.4, 0.5) is 0 Å². The van der Waals surface area contributed by atoms with E-state index < -0.39 is 0 Å². The van der Waals surface area contributed by atoms with Crippen LogP contribution in [0.1, 0.15) is 49.8 Å². The average molecular weight is 191 g/mol. The van der Waals surface area contributed by atoms with Crippen LogP contribution in [0.15, 0.2) is 24.3 Å². The van der Waals surface area contributed by atoms with Gasteiger partial charge in [0, 0.05) is 6.04 Å². The Morgan fingerprint density at radius 2 is 1.79 bits per heavy atom. The van der Waals surface area contributed by atoms with Crippen LogP contribution in [0.25, 0.3) is 0 Å². The number of nitrogens with two attached hydrogens (primary N) is 1. The van der Waals surface area contributed by atoms with Gasteiger partial charge in [-0.05, 0) is 18.9 Å². The van der Waals surface area contributed by atoms with Crippen molar-refractivity contribution in [3.8, 4) is 0 Å². The van der Waals surface area contributed by atoms with Gasteiger partial charge in [-0.2, -0.15) is 0 Å². The van der Waals surface area contributed by atoms with E-state index in [1.807, 2.05) is 0 Å². The Hall–Kier alpha value is -0.820. The Morgan fingerprint density at radius 3 is 2.36 bits per heavy atom. The maximum atomic E-state index is 6.09. The maximum absolute atomic E-state index is 6.09. The van der Waals surface area contributed by atoms with Crippen LogP contribution in [-0.4, -0.2) is 0 Å².